The number of hydrogen-bond acceptors (Lipinski definition) is 3. The molecular formula is C17H19NO2. The zero-order valence-electron chi connectivity index (χ0n) is 11.8. The molecule has 0 aliphatic carbocycles. The first-order valence-electron chi connectivity index (χ1n) is 7.09. The van der Waals surface area contributed by atoms with Gasteiger partial charge in [0.25, 0.3) is 0 Å². The van der Waals surface area contributed by atoms with Gasteiger partial charge in [-0.2, -0.15) is 0 Å². The molecule has 2 aromatic carbocycles. The van der Waals surface area contributed by atoms with Gasteiger partial charge in [0, 0.05) is 12.5 Å². The first kappa shape index (κ1) is 13.1. The van der Waals surface area contributed by atoms with Gasteiger partial charge in [0.2, 0.25) is 0 Å². The van der Waals surface area contributed by atoms with Crippen LogP contribution in [0.3, 0.4) is 0 Å². The van der Waals surface area contributed by atoms with Crippen molar-refractivity contribution < 1.29 is 9.53 Å². The van der Waals surface area contributed by atoms with Gasteiger partial charge in [-0.1, -0.05) is 42.5 Å². The zero-order chi connectivity index (χ0) is 14.1. The lowest BCUT2D eigenvalue weighted by Crippen LogP contribution is -2.35. The normalized spacial score (nSPS) is 23.8. The lowest BCUT2D eigenvalue weighted by molar-refractivity contribution is -0.142. The van der Waals surface area contributed by atoms with Gasteiger partial charge in [-0.25, -0.2) is 0 Å². The Bertz CT molecular complexity index is 632. The molecule has 0 aromatic heterocycles. The number of cyclic esters (lactones) is 1. The Hall–Kier alpha value is -1.87. The fourth-order valence-electron chi connectivity index (χ4n) is 2.91. The lowest BCUT2D eigenvalue weighted by atomic mass is 9.99. The van der Waals surface area contributed by atoms with E-state index in [2.05, 4.69) is 42.6 Å². The molecule has 0 saturated carbocycles. The molecule has 1 aliphatic rings. The quantitative estimate of drug-likeness (QED) is 0.870. The van der Waals surface area contributed by atoms with Crippen molar-refractivity contribution in [2.75, 3.05) is 0 Å². The third-order valence-electron chi connectivity index (χ3n) is 3.91. The minimum absolute atomic E-state index is 0.0136. The highest BCUT2D eigenvalue weighted by molar-refractivity contribution is 5.86. The van der Waals surface area contributed by atoms with Gasteiger partial charge in [0.05, 0.1) is 0 Å². The number of fused-ring (bicyclic) bond motifs is 1. The van der Waals surface area contributed by atoms with E-state index in [0.29, 0.717) is 0 Å². The third kappa shape index (κ3) is 2.41. The number of benzene rings is 2. The summed E-state index contributed by atoms with van der Waals surface area (Å²) in [6.07, 6.45) is 0.758. The van der Waals surface area contributed by atoms with Gasteiger partial charge in [-0.15, -0.1) is 0 Å². The molecule has 1 aliphatic heterocycles. The van der Waals surface area contributed by atoms with Crippen molar-refractivity contribution in [2.24, 2.45) is 0 Å². The van der Waals surface area contributed by atoms with E-state index in [-0.39, 0.29) is 24.2 Å². The maximum absolute atomic E-state index is 11.7. The molecule has 2 aromatic rings. The molecule has 0 bridgehead atoms. The highest BCUT2D eigenvalue weighted by atomic mass is 16.6. The van der Waals surface area contributed by atoms with Crippen LogP contribution in [0.4, 0.5) is 0 Å². The van der Waals surface area contributed by atoms with Crippen LogP contribution in [0.5, 0.6) is 0 Å². The molecule has 1 heterocycles. The summed E-state index contributed by atoms with van der Waals surface area (Å²) < 4.78 is 5.20. The zero-order valence-corrected chi connectivity index (χ0v) is 11.8. The molecule has 0 unspecified atom stereocenters. The van der Waals surface area contributed by atoms with Crippen molar-refractivity contribution in [1.29, 1.82) is 0 Å². The van der Waals surface area contributed by atoms with E-state index in [0.717, 1.165) is 6.42 Å². The standard InChI is InChI=1S/C17H19NO2/c1-11-10-16(17(19)20-11)18-12(2)14-9-5-7-13-6-3-4-8-15(13)14/h3-9,11-12,16,18H,10H2,1-2H3/t11-,12+,16-/m1/s1. The molecule has 0 amide bonds. The molecule has 104 valence electrons. The van der Waals surface area contributed by atoms with Crippen LogP contribution in [0.15, 0.2) is 42.5 Å². The molecule has 1 N–H and O–H groups in total. The highest BCUT2D eigenvalue weighted by Gasteiger charge is 2.32. The fraction of sp³-hybridized carbons (Fsp3) is 0.353. The molecule has 3 atom stereocenters. The Labute approximate surface area is 118 Å². The van der Waals surface area contributed by atoms with Gasteiger partial charge in [-0.3, -0.25) is 10.1 Å². The molecule has 3 nitrogen and oxygen atoms in total. The van der Waals surface area contributed by atoms with E-state index in [1.54, 1.807) is 0 Å². The summed E-state index contributed by atoms with van der Waals surface area (Å²) in [6.45, 7) is 4.03. The number of esters is 1. The minimum Gasteiger partial charge on any atom is -0.461 e. The van der Waals surface area contributed by atoms with Crippen LogP contribution >= 0.6 is 0 Å². The SMILES string of the molecule is C[C@@H]1C[C@@H](N[C@@H](C)c2cccc3ccccc23)C(=O)O1. The predicted octanol–water partition coefficient (Wildman–Crippen LogP) is 3.19. The Morgan fingerprint density at radius 2 is 1.95 bits per heavy atom. The number of carbonyl (C=O) groups excluding carboxylic acids is 1. The van der Waals surface area contributed by atoms with Gasteiger partial charge in [0.1, 0.15) is 12.1 Å². The maximum atomic E-state index is 11.7. The van der Waals surface area contributed by atoms with Crippen molar-refractivity contribution >= 4 is 16.7 Å². The number of ether oxygens (including phenoxy) is 1. The van der Waals surface area contributed by atoms with E-state index in [1.165, 1.54) is 16.3 Å². The Morgan fingerprint density at radius 1 is 1.20 bits per heavy atom. The van der Waals surface area contributed by atoms with Crippen LogP contribution in [0.1, 0.15) is 31.9 Å². The second-order valence-corrected chi connectivity index (χ2v) is 5.49. The minimum atomic E-state index is -0.195. The van der Waals surface area contributed by atoms with Gasteiger partial charge >= 0.3 is 5.97 Å². The van der Waals surface area contributed by atoms with E-state index in [9.17, 15) is 4.79 Å². The van der Waals surface area contributed by atoms with Crippen molar-refractivity contribution in [2.45, 2.75) is 38.5 Å². The Balaban J connectivity index is 1.86. The molecule has 0 spiro atoms. The average Bonchev–Trinajstić information content (AvgIpc) is 2.76. The lowest BCUT2D eigenvalue weighted by Gasteiger charge is -2.19. The molecule has 0 radical (unpaired) electrons. The van der Waals surface area contributed by atoms with Crippen LogP contribution in [-0.2, 0) is 9.53 Å². The van der Waals surface area contributed by atoms with Crippen molar-refractivity contribution in [3.8, 4) is 0 Å². The maximum Gasteiger partial charge on any atom is 0.323 e. The summed E-state index contributed by atoms with van der Waals surface area (Å²) in [5.41, 5.74) is 1.22. The molecule has 1 saturated heterocycles. The predicted molar refractivity (Wildman–Crippen MR) is 79.5 cm³/mol. The van der Waals surface area contributed by atoms with Crippen LogP contribution in [0.25, 0.3) is 10.8 Å². The summed E-state index contributed by atoms with van der Waals surface area (Å²) >= 11 is 0. The monoisotopic (exact) mass is 269 g/mol. The average molecular weight is 269 g/mol. The largest absolute Gasteiger partial charge is 0.461 e. The second kappa shape index (κ2) is 5.25. The van der Waals surface area contributed by atoms with Crippen LogP contribution < -0.4 is 5.32 Å². The van der Waals surface area contributed by atoms with Crippen molar-refractivity contribution in [1.82, 2.24) is 5.32 Å². The number of rotatable bonds is 3. The Kier molecular flexibility index (Phi) is 3.45. The van der Waals surface area contributed by atoms with Crippen molar-refractivity contribution in [3.63, 3.8) is 0 Å². The first-order chi connectivity index (χ1) is 9.65. The number of carbonyl (C=O) groups is 1. The molecule has 20 heavy (non-hydrogen) atoms. The summed E-state index contributed by atoms with van der Waals surface area (Å²) in [7, 11) is 0. The first-order valence-corrected chi connectivity index (χ1v) is 7.09. The third-order valence-corrected chi connectivity index (χ3v) is 3.91. The van der Waals surface area contributed by atoms with Crippen LogP contribution in [0, 0.1) is 0 Å². The molecular weight excluding hydrogens is 250 g/mol. The molecule has 3 rings (SSSR count). The summed E-state index contributed by atoms with van der Waals surface area (Å²) in [6, 6.07) is 14.5. The fourth-order valence-corrected chi connectivity index (χ4v) is 2.91. The summed E-state index contributed by atoms with van der Waals surface area (Å²) in [4.78, 5) is 11.7. The topological polar surface area (TPSA) is 38.3 Å². The highest BCUT2D eigenvalue weighted by Crippen LogP contribution is 2.26. The van der Waals surface area contributed by atoms with Crippen LogP contribution in [-0.4, -0.2) is 18.1 Å². The van der Waals surface area contributed by atoms with Crippen LogP contribution in [0.2, 0.25) is 0 Å². The van der Waals surface area contributed by atoms with E-state index < -0.39 is 0 Å². The second-order valence-electron chi connectivity index (χ2n) is 5.49. The van der Waals surface area contributed by atoms with Gasteiger partial charge < -0.3 is 4.74 Å². The number of hydrogen-bond donors (Lipinski definition) is 1. The van der Waals surface area contributed by atoms with Crippen molar-refractivity contribution in [3.05, 3.63) is 48.0 Å². The summed E-state index contributed by atoms with van der Waals surface area (Å²) in [5.74, 6) is -0.135. The summed E-state index contributed by atoms with van der Waals surface area (Å²) in [5, 5.41) is 5.85. The van der Waals surface area contributed by atoms with Gasteiger partial charge in [-0.05, 0) is 30.2 Å². The Morgan fingerprint density at radius 3 is 2.70 bits per heavy atom. The van der Waals surface area contributed by atoms with E-state index in [1.807, 2.05) is 19.1 Å². The van der Waals surface area contributed by atoms with E-state index in [4.69, 9.17) is 4.74 Å². The smallest absolute Gasteiger partial charge is 0.323 e. The van der Waals surface area contributed by atoms with E-state index >= 15 is 0 Å². The number of nitrogens with one attached hydrogen (secondary N) is 1. The molecule has 3 heteroatoms. The van der Waals surface area contributed by atoms with Gasteiger partial charge in [0.15, 0.2) is 0 Å². The molecule has 1 fully saturated rings.